The molecule has 122 valence electrons. The van der Waals surface area contributed by atoms with Gasteiger partial charge in [-0.2, -0.15) is 0 Å². The zero-order valence-corrected chi connectivity index (χ0v) is 13.8. The summed E-state index contributed by atoms with van der Waals surface area (Å²) in [7, 11) is 1.41. The number of H-pyrrole nitrogens is 1. The zero-order valence-electron chi connectivity index (χ0n) is 13.0. The third-order valence-corrected chi connectivity index (χ3v) is 5.07. The highest BCUT2D eigenvalue weighted by Gasteiger charge is 2.15. The van der Waals surface area contributed by atoms with Crippen LogP contribution in [0.3, 0.4) is 0 Å². The molecule has 0 bridgehead atoms. The van der Waals surface area contributed by atoms with E-state index in [4.69, 9.17) is 4.74 Å². The van der Waals surface area contributed by atoms with Gasteiger partial charge in [0.2, 0.25) is 5.43 Å². The Morgan fingerprint density at radius 1 is 1.43 bits per heavy atom. The summed E-state index contributed by atoms with van der Waals surface area (Å²) in [5, 5.41) is 3.88. The van der Waals surface area contributed by atoms with Crippen LogP contribution in [0.4, 0.5) is 0 Å². The summed E-state index contributed by atoms with van der Waals surface area (Å²) in [6.07, 6.45) is 6.78. The van der Waals surface area contributed by atoms with E-state index in [1.807, 2.05) is 0 Å². The predicted octanol–water partition coefficient (Wildman–Crippen LogP) is 1.69. The van der Waals surface area contributed by atoms with Gasteiger partial charge < -0.3 is 15.0 Å². The van der Waals surface area contributed by atoms with Crippen LogP contribution in [-0.4, -0.2) is 29.5 Å². The Bertz CT molecular complexity index is 743. The first-order valence-corrected chi connectivity index (χ1v) is 8.51. The topological polar surface area (TPSA) is 84.1 Å². The first kappa shape index (κ1) is 15.7. The van der Waals surface area contributed by atoms with Crippen LogP contribution in [0.25, 0.3) is 0 Å². The maximum Gasteiger partial charge on any atom is 0.267 e. The number of nitrogens with one attached hydrogen (secondary N) is 2. The molecule has 2 aromatic heterocycles. The standard InChI is InChI=1S/C16H19N3O3S/c1-22-13-9-18-11(8-12(13)20)16(21)17-7-6-15-19-10-4-2-3-5-14(10)23-15/h8-9H,2-7H2,1H3,(H,17,21)(H,18,20). The molecule has 2 N–H and O–H groups in total. The zero-order chi connectivity index (χ0) is 16.2. The Hall–Kier alpha value is -2.15. The molecule has 0 aromatic carbocycles. The van der Waals surface area contributed by atoms with Crippen LogP contribution in [0.5, 0.6) is 5.75 Å². The number of hydrogen-bond donors (Lipinski definition) is 2. The predicted molar refractivity (Wildman–Crippen MR) is 88.4 cm³/mol. The molecule has 3 rings (SSSR count). The fraction of sp³-hybridized carbons (Fsp3) is 0.438. The van der Waals surface area contributed by atoms with Gasteiger partial charge in [-0.1, -0.05) is 0 Å². The summed E-state index contributed by atoms with van der Waals surface area (Å²) in [6.45, 7) is 0.499. The Balaban J connectivity index is 1.56. The van der Waals surface area contributed by atoms with Crippen molar-refractivity contribution in [1.82, 2.24) is 15.3 Å². The normalized spacial score (nSPS) is 13.4. The number of pyridine rings is 1. The SMILES string of the molecule is COc1c[nH]c(C(=O)NCCc2nc3c(s2)CCCC3)cc1=O. The summed E-state index contributed by atoms with van der Waals surface area (Å²) in [6, 6.07) is 1.25. The number of methoxy groups -OCH3 is 1. The molecule has 1 aliphatic carbocycles. The van der Waals surface area contributed by atoms with E-state index < -0.39 is 0 Å². The smallest absolute Gasteiger partial charge is 0.267 e. The van der Waals surface area contributed by atoms with Crippen molar-refractivity contribution >= 4 is 17.2 Å². The third-order valence-electron chi connectivity index (χ3n) is 3.86. The van der Waals surface area contributed by atoms with Gasteiger partial charge in [-0.05, 0) is 25.7 Å². The monoisotopic (exact) mass is 333 g/mol. The van der Waals surface area contributed by atoms with Crippen molar-refractivity contribution in [2.45, 2.75) is 32.1 Å². The maximum atomic E-state index is 12.0. The Morgan fingerprint density at radius 2 is 2.26 bits per heavy atom. The van der Waals surface area contributed by atoms with Crippen LogP contribution >= 0.6 is 11.3 Å². The van der Waals surface area contributed by atoms with E-state index in [-0.39, 0.29) is 22.8 Å². The Morgan fingerprint density at radius 3 is 3.00 bits per heavy atom. The van der Waals surface area contributed by atoms with Crippen LogP contribution in [-0.2, 0) is 19.3 Å². The van der Waals surface area contributed by atoms with E-state index in [2.05, 4.69) is 15.3 Å². The fourth-order valence-corrected chi connectivity index (χ4v) is 3.80. The van der Waals surface area contributed by atoms with Crippen molar-refractivity contribution in [3.63, 3.8) is 0 Å². The minimum Gasteiger partial charge on any atom is -0.491 e. The van der Waals surface area contributed by atoms with E-state index in [0.717, 1.165) is 17.8 Å². The number of amides is 1. The van der Waals surface area contributed by atoms with Crippen LogP contribution in [0, 0.1) is 0 Å². The molecule has 0 unspecified atom stereocenters. The Labute approximate surface area is 137 Å². The second-order valence-electron chi connectivity index (χ2n) is 5.47. The number of aromatic amines is 1. The molecule has 0 spiro atoms. The van der Waals surface area contributed by atoms with Crippen LogP contribution in [0.1, 0.15) is 38.9 Å². The summed E-state index contributed by atoms with van der Waals surface area (Å²) in [5.41, 5.74) is 1.15. The minimum atomic E-state index is -0.316. The summed E-state index contributed by atoms with van der Waals surface area (Å²) in [5.74, 6) is -0.110. The van der Waals surface area contributed by atoms with E-state index in [9.17, 15) is 9.59 Å². The van der Waals surface area contributed by atoms with E-state index in [1.54, 1.807) is 11.3 Å². The average Bonchev–Trinajstić information content (AvgIpc) is 2.97. The molecular formula is C16H19N3O3S. The van der Waals surface area contributed by atoms with Gasteiger partial charge in [0.25, 0.3) is 5.91 Å². The van der Waals surface area contributed by atoms with Gasteiger partial charge in [0.15, 0.2) is 5.75 Å². The molecule has 2 heterocycles. The number of aryl methyl sites for hydroxylation is 2. The lowest BCUT2D eigenvalue weighted by Gasteiger charge is -2.06. The van der Waals surface area contributed by atoms with Crippen molar-refractivity contribution in [1.29, 1.82) is 0 Å². The van der Waals surface area contributed by atoms with Gasteiger partial charge in [0.1, 0.15) is 5.69 Å². The molecule has 1 aliphatic rings. The van der Waals surface area contributed by atoms with Gasteiger partial charge in [0.05, 0.1) is 17.8 Å². The van der Waals surface area contributed by atoms with Crippen LogP contribution < -0.4 is 15.5 Å². The van der Waals surface area contributed by atoms with E-state index in [1.165, 1.54) is 42.8 Å². The second kappa shape index (κ2) is 6.95. The molecular weight excluding hydrogens is 314 g/mol. The van der Waals surface area contributed by atoms with Crippen LogP contribution in [0.15, 0.2) is 17.1 Å². The minimum absolute atomic E-state index is 0.190. The van der Waals surface area contributed by atoms with Gasteiger partial charge in [-0.25, -0.2) is 4.98 Å². The number of aromatic nitrogens is 2. The first-order chi connectivity index (χ1) is 11.2. The maximum absolute atomic E-state index is 12.0. The average molecular weight is 333 g/mol. The van der Waals surface area contributed by atoms with Crippen molar-refractivity contribution in [2.24, 2.45) is 0 Å². The van der Waals surface area contributed by atoms with Gasteiger partial charge in [-0.15, -0.1) is 11.3 Å². The highest BCUT2D eigenvalue weighted by molar-refractivity contribution is 7.11. The number of nitrogens with zero attached hydrogens (tertiary/aromatic N) is 1. The molecule has 0 aliphatic heterocycles. The summed E-state index contributed by atoms with van der Waals surface area (Å²) in [4.78, 5) is 32.5. The first-order valence-electron chi connectivity index (χ1n) is 7.69. The fourth-order valence-electron chi connectivity index (χ4n) is 2.64. The molecule has 0 saturated carbocycles. The van der Waals surface area contributed by atoms with E-state index >= 15 is 0 Å². The molecule has 7 heteroatoms. The molecule has 2 aromatic rings. The molecule has 6 nitrogen and oxygen atoms in total. The second-order valence-corrected chi connectivity index (χ2v) is 6.64. The lowest BCUT2D eigenvalue weighted by molar-refractivity contribution is 0.0949. The number of fused-ring (bicyclic) bond motifs is 1. The quantitative estimate of drug-likeness (QED) is 0.872. The molecule has 0 fully saturated rings. The number of ether oxygens (including phenoxy) is 1. The summed E-state index contributed by atoms with van der Waals surface area (Å²) < 4.78 is 4.88. The lowest BCUT2D eigenvalue weighted by Crippen LogP contribution is -2.27. The number of carbonyl (C=O) groups is 1. The summed E-state index contributed by atoms with van der Waals surface area (Å²) >= 11 is 1.75. The number of carbonyl (C=O) groups excluding carboxylic acids is 1. The van der Waals surface area contributed by atoms with Crippen molar-refractivity contribution in [3.05, 3.63) is 43.8 Å². The van der Waals surface area contributed by atoms with Crippen LogP contribution in [0.2, 0.25) is 0 Å². The number of thiazole rings is 1. The molecule has 0 saturated heterocycles. The highest BCUT2D eigenvalue weighted by Crippen LogP contribution is 2.26. The van der Waals surface area contributed by atoms with Crippen molar-refractivity contribution < 1.29 is 9.53 Å². The van der Waals surface area contributed by atoms with Crippen molar-refractivity contribution in [2.75, 3.05) is 13.7 Å². The third kappa shape index (κ3) is 3.61. The largest absolute Gasteiger partial charge is 0.491 e. The van der Waals surface area contributed by atoms with E-state index in [0.29, 0.717) is 13.0 Å². The molecule has 23 heavy (non-hydrogen) atoms. The van der Waals surface area contributed by atoms with Crippen molar-refractivity contribution in [3.8, 4) is 5.75 Å². The highest BCUT2D eigenvalue weighted by atomic mass is 32.1. The molecule has 0 atom stereocenters. The Kier molecular flexibility index (Phi) is 4.76. The molecule has 1 amide bonds. The van der Waals surface area contributed by atoms with Gasteiger partial charge in [-0.3, -0.25) is 9.59 Å². The van der Waals surface area contributed by atoms with Gasteiger partial charge in [0, 0.05) is 30.1 Å². The number of rotatable bonds is 5. The number of hydrogen-bond acceptors (Lipinski definition) is 5. The molecule has 0 radical (unpaired) electrons. The lowest BCUT2D eigenvalue weighted by atomic mass is 10.0. The van der Waals surface area contributed by atoms with Gasteiger partial charge >= 0.3 is 0 Å².